The third-order valence-corrected chi connectivity index (χ3v) is 6.91. The summed E-state index contributed by atoms with van der Waals surface area (Å²) in [7, 11) is 0. The normalized spacial score (nSPS) is 16.2. The molecule has 0 saturated carbocycles. The summed E-state index contributed by atoms with van der Waals surface area (Å²) in [6.07, 6.45) is 0.575. The van der Waals surface area contributed by atoms with Gasteiger partial charge in [0.15, 0.2) is 0 Å². The number of Topliss-reactive ketones (excluding diaryl/α,β-unsaturated/α-hetero) is 1. The molecule has 1 unspecified atom stereocenters. The van der Waals surface area contributed by atoms with Crippen LogP contribution in [0.4, 0.5) is 0 Å². The van der Waals surface area contributed by atoms with Crippen molar-refractivity contribution in [3.05, 3.63) is 137 Å². The maximum absolute atomic E-state index is 13.4. The van der Waals surface area contributed by atoms with Gasteiger partial charge in [-0.3, -0.25) is 9.59 Å². The van der Waals surface area contributed by atoms with Gasteiger partial charge in [-0.15, -0.1) is 0 Å². The molecule has 6 nitrogen and oxygen atoms in total. The molecule has 1 amide bonds. The van der Waals surface area contributed by atoms with Crippen LogP contribution in [-0.2, 0) is 22.6 Å². The molecule has 1 fully saturated rings. The number of likely N-dealkylation sites (tertiary alicyclic amines) is 1. The number of ether oxygens (including phenoxy) is 2. The van der Waals surface area contributed by atoms with Crippen molar-refractivity contribution in [1.29, 1.82) is 0 Å². The second-order valence-electron chi connectivity index (χ2n) is 9.53. The molecule has 0 radical (unpaired) electrons. The van der Waals surface area contributed by atoms with E-state index in [9.17, 15) is 14.7 Å². The van der Waals surface area contributed by atoms with Gasteiger partial charge in [0.25, 0.3) is 11.7 Å². The number of carbonyl (C=O) groups excluding carboxylic acids is 2. The lowest BCUT2D eigenvalue weighted by atomic mass is 9.95. The lowest BCUT2D eigenvalue weighted by Crippen LogP contribution is -2.31. The smallest absolute Gasteiger partial charge is 0.295 e. The van der Waals surface area contributed by atoms with Gasteiger partial charge in [0, 0.05) is 12.1 Å². The van der Waals surface area contributed by atoms with Crippen LogP contribution in [0.5, 0.6) is 11.5 Å². The van der Waals surface area contributed by atoms with E-state index in [0.717, 1.165) is 11.1 Å². The topological polar surface area (TPSA) is 76.1 Å². The van der Waals surface area contributed by atoms with Gasteiger partial charge < -0.3 is 19.5 Å². The summed E-state index contributed by atoms with van der Waals surface area (Å²) < 4.78 is 11.4. The first kappa shape index (κ1) is 26.8. The third kappa shape index (κ3) is 5.91. The number of carbonyl (C=O) groups is 2. The average molecular weight is 534 g/mol. The van der Waals surface area contributed by atoms with E-state index in [-0.39, 0.29) is 11.3 Å². The minimum atomic E-state index is -0.738. The molecule has 0 aliphatic carbocycles. The summed E-state index contributed by atoms with van der Waals surface area (Å²) in [4.78, 5) is 28.2. The number of hydrogen-bond acceptors (Lipinski definition) is 5. The van der Waals surface area contributed by atoms with Crippen LogP contribution in [0.1, 0.15) is 35.2 Å². The van der Waals surface area contributed by atoms with Crippen molar-refractivity contribution in [3.8, 4) is 11.5 Å². The van der Waals surface area contributed by atoms with Crippen LogP contribution in [0.25, 0.3) is 5.76 Å². The number of hydrogen-bond donors (Lipinski definition) is 1. The number of aliphatic hydroxyl groups excluding tert-OH is 1. The van der Waals surface area contributed by atoms with Gasteiger partial charge in [-0.05, 0) is 66.4 Å². The van der Waals surface area contributed by atoms with Crippen LogP contribution in [0.2, 0.25) is 0 Å². The lowest BCUT2D eigenvalue weighted by Gasteiger charge is -2.25. The van der Waals surface area contributed by atoms with Crippen LogP contribution in [0.3, 0.4) is 0 Å². The molecule has 0 spiro atoms. The molecular formula is C34H31NO5. The number of ketones is 1. The summed E-state index contributed by atoms with van der Waals surface area (Å²) in [6, 6.07) is 33.1. The van der Waals surface area contributed by atoms with E-state index in [4.69, 9.17) is 9.47 Å². The highest BCUT2D eigenvalue weighted by molar-refractivity contribution is 6.46. The summed E-state index contributed by atoms with van der Waals surface area (Å²) >= 11 is 0. The Hall–Kier alpha value is -4.84. The van der Waals surface area contributed by atoms with Gasteiger partial charge >= 0.3 is 0 Å². The maximum Gasteiger partial charge on any atom is 0.295 e. The largest absolute Gasteiger partial charge is 0.507 e. The van der Waals surface area contributed by atoms with Gasteiger partial charge in [-0.2, -0.15) is 0 Å². The molecule has 0 aromatic heterocycles. The molecule has 1 atom stereocenters. The molecule has 1 saturated heterocycles. The monoisotopic (exact) mass is 533 g/mol. The number of aliphatic hydroxyl groups is 1. The Kier molecular flexibility index (Phi) is 8.26. The quantitative estimate of drug-likeness (QED) is 0.147. The van der Waals surface area contributed by atoms with Crippen molar-refractivity contribution in [2.24, 2.45) is 0 Å². The number of nitrogens with zero attached hydrogens (tertiary/aromatic N) is 1. The molecule has 40 heavy (non-hydrogen) atoms. The molecule has 1 aliphatic heterocycles. The molecule has 202 valence electrons. The van der Waals surface area contributed by atoms with Crippen molar-refractivity contribution >= 4 is 17.4 Å². The molecule has 1 aliphatic rings. The fourth-order valence-corrected chi connectivity index (χ4v) is 4.87. The highest BCUT2D eigenvalue weighted by Gasteiger charge is 2.45. The summed E-state index contributed by atoms with van der Waals surface area (Å²) in [5, 5.41) is 11.3. The van der Waals surface area contributed by atoms with E-state index in [2.05, 4.69) is 0 Å². The fourth-order valence-electron chi connectivity index (χ4n) is 4.87. The average Bonchev–Trinajstić information content (AvgIpc) is 3.25. The first-order valence-corrected chi connectivity index (χ1v) is 13.4. The summed E-state index contributed by atoms with van der Waals surface area (Å²) in [5.41, 5.74) is 3.33. The second-order valence-corrected chi connectivity index (χ2v) is 9.53. The number of amides is 1. The molecule has 1 N–H and O–H groups in total. The van der Waals surface area contributed by atoms with E-state index in [1.807, 2.05) is 91.9 Å². The van der Waals surface area contributed by atoms with Crippen LogP contribution in [0, 0.1) is 0 Å². The van der Waals surface area contributed by atoms with Crippen molar-refractivity contribution < 1.29 is 24.2 Å². The Balaban J connectivity index is 1.47. The van der Waals surface area contributed by atoms with E-state index < -0.39 is 17.7 Å². The molecule has 0 bridgehead atoms. The predicted octanol–water partition coefficient (Wildman–Crippen LogP) is 6.33. The minimum Gasteiger partial charge on any atom is -0.507 e. The van der Waals surface area contributed by atoms with Gasteiger partial charge in [-0.1, -0.05) is 72.8 Å². The number of rotatable bonds is 10. The molecule has 4 aromatic carbocycles. The maximum atomic E-state index is 13.4. The summed E-state index contributed by atoms with van der Waals surface area (Å²) in [6.45, 7) is 3.16. The Labute approximate surface area is 234 Å². The molecule has 5 rings (SSSR count). The molecule has 4 aromatic rings. The van der Waals surface area contributed by atoms with Gasteiger partial charge in [0.1, 0.15) is 23.9 Å². The zero-order valence-corrected chi connectivity index (χ0v) is 22.3. The van der Waals surface area contributed by atoms with Crippen molar-refractivity contribution in [1.82, 2.24) is 4.90 Å². The highest BCUT2D eigenvalue weighted by atomic mass is 16.5. The Bertz CT molecular complexity index is 1480. The number of benzene rings is 4. The van der Waals surface area contributed by atoms with Crippen molar-refractivity contribution in [2.75, 3.05) is 13.2 Å². The summed E-state index contributed by atoms with van der Waals surface area (Å²) in [5.74, 6) is -0.213. The van der Waals surface area contributed by atoms with Crippen LogP contribution >= 0.6 is 0 Å². The van der Waals surface area contributed by atoms with E-state index in [0.29, 0.717) is 48.8 Å². The first-order chi connectivity index (χ1) is 19.5. The minimum absolute atomic E-state index is 0.0696. The SMILES string of the molecule is CCOc1ccc(/C(O)=C2/C(=O)C(=O)N(CCc3ccccc3)C2c2ccc(OCc3ccccc3)cc2)cc1. The van der Waals surface area contributed by atoms with Crippen molar-refractivity contribution in [3.63, 3.8) is 0 Å². The van der Waals surface area contributed by atoms with E-state index in [1.165, 1.54) is 0 Å². The second kappa shape index (κ2) is 12.3. The van der Waals surface area contributed by atoms with Gasteiger partial charge in [0.2, 0.25) is 0 Å². The molecule has 1 heterocycles. The highest BCUT2D eigenvalue weighted by Crippen LogP contribution is 2.40. The Morgan fingerprint density at radius 2 is 1.32 bits per heavy atom. The van der Waals surface area contributed by atoms with Crippen LogP contribution < -0.4 is 9.47 Å². The van der Waals surface area contributed by atoms with Crippen molar-refractivity contribution in [2.45, 2.75) is 26.0 Å². The molecule has 6 heteroatoms. The van der Waals surface area contributed by atoms with E-state index in [1.54, 1.807) is 29.2 Å². The fraction of sp³-hybridized carbons (Fsp3) is 0.176. The molecular weight excluding hydrogens is 502 g/mol. The Morgan fingerprint density at radius 3 is 1.95 bits per heavy atom. The van der Waals surface area contributed by atoms with Crippen LogP contribution in [-0.4, -0.2) is 34.8 Å². The zero-order valence-electron chi connectivity index (χ0n) is 22.3. The Morgan fingerprint density at radius 1 is 0.750 bits per heavy atom. The van der Waals surface area contributed by atoms with Gasteiger partial charge in [-0.25, -0.2) is 0 Å². The predicted molar refractivity (Wildman–Crippen MR) is 154 cm³/mol. The van der Waals surface area contributed by atoms with E-state index >= 15 is 0 Å². The van der Waals surface area contributed by atoms with Gasteiger partial charge in [0.05, 0.1) is 18.2 Å². The third-order valence-electron chi connectivity index (χ3n) is 6.91. The first-order valence-electron chi connectivity index (χ1n) is 13.4. The standard InChI is InChI=1S/C34H31NO5/c1-2-39-28-19-15-27(16-20-28)32(36)30-31(35(34(38)33(30)37)22-21-24-9-5-3-6-10-24)26-13-17-29(18-14-26)40-23-25-11-7-4-8-12-25/h3-20,31,36H,2,21-23H2,1H3/b32-30-. The lowest BCUT2D eigenvalue weighted by molar-refractivity contribution is -0.139. The van der Waals surface area contributed by atoms with Crippen LogP contribution in [0.15, 0.2) is 115 Å². The zero-order chi connectivity index (χ0) is 27.9.